The molecule has 5 rings (SSSR count). The number of imidazole rings is 1. The number of thiazole rings is 1. The van der Waals surface area contributed by atoms with Gasteiger partial charge in [-0.1, -0.05) is 54.6 Å². The maximum absolute atomic E-state index is 13.1. The summed E-state index contributed by atoms with van der Waals surface area (Å²) in [7, 11) is 0. The molecule has 0 aliphatic carbocycles. The van der Waals surface area contributed by atoms with Crippen molar-refractivity contribution in [2.45, 2.75) is 6.42 Å². The fourth-order valence-corrected chi connectivity index (χ4v) is 4.24. The van der Waals surface area contributed by atoms with Crippen molar-refractivity contribution in [2.75, 3.05) is 6.61 Å². The van der Waals surface area contributed by atoms with Crippen molar-refractivity contribution in [1.82, 2.24) is 9.38 Å². The van der Waals surface area contributed by atoms with E-state index in [1.807, 2.05) is 41.8 Å². The van der Waals surface area contributed by atoms with Gasteiger partial charge in [-0.15, -0.1) is 11.3 Å². The first-order chi connectivity index (χ1) is 14.8. The Hall–Kier alpha value is -3.44. The average molecular weight is 415 g/mol. The van der Waals surface area contributed by atoms with Crippen molar-refractivity contribution in [1.29, 1.82) is 0 Å². The van der Waals surface area contributed by atoms with E-state index in [0.717, 1.165) is 45.2 Å². The van der Waals surface area contributed by atoms with Crippen molar-refractivity contribution < 1.29 is 9.13 Å². The normalized spacial score (nSPS) is 11.1. The Morgan fingerprint density at radius 2 is 1.70 bits per heavy atom. The molecule has 0 atom stereocenters. The minimum absolute atomic E-state index is 0.221. The Balaban J connectivity index is 1.42. The molecule has 30 heavy (non-hydrogen) atoms. The lowest BCUT2D eigenvalue weighted by atomic mass is 10.0. The van der Waals surface area contributed by atoms with Gasteiger partial charge in [-0.05, 0) is 29.8 Å². The standard InChI is InChI=1S/C25H19FN2OS/c26-21-11-9-18(10-12-21)13-15-29-22-8-4-7-20(17-22)23-24(19-5-2-1-3-6-19)28-14-16-30-25(28)27-23/h1-12,14,16-17H,13,15H2. The summed E-state index contributed by atoms with van der Waals surface area (Å²) >= 11 is 1.62. The summed E-state index contributed by atoms with van der Waals surface area (Å²) in [6.45, 7) is 0.527. The van der Waals surface area contributed by atoms with Gasteiger partial charge in [0, 0.05) is 29.1 Å². The van der Waals surface area contributed by atoms with Gasteiger partial charge in [-0.25, -0.2) is 9.37 Å². The number of hydrogen-bond acceptors (Lipinski definition) is 3. The molecule has 3 aromatic carbocycles. The molecule has 5 heteroatoms. The number of hydrogen-bond donors (Lipinski definition) is 0. The molecule has 0 saturated heterocycles. The van der Waals surface area contributed by atoms with Crippen molar-refractivity contribution in [3.8, 4) is 28.3 Å². The van der Waals surface area contributed by atoms with Crippen LogP contribution in [0.3, 0.4) is 0 Å². The van der Waals surface area contributed by atoms with E-state index < -0.39 is 0 Å². The zero-order valence-electron chi connectivity index (χ0n) is 16.2. The highest BCUT2D eigenvalue weighted by atomic mass is 32.1. The summed E-state index contributed by atoms with van der Waals surface area (Å²) in [6.07, 6.45) is 2.78. The van der Waals surface area contributed by atoms with Gasteiger partial charge in [-0.2, -0.15) is 0 Å². The van der Waals surface area contributed by atoms with Crippen LogP contribution < -0.4 is 4.74 Å². The molecule has 0 radical (unpaired) electrons. The van der Waals surface area contributed by atoms with Crippen molar-refractivity contribution in [3.05, 3.63) is 102 Å². The van der Waals surface area contributed by atoms with Gasteiger partial charge in [0.15, 0.2) is 4.96 Å². The molecule has 2 aromatic heterocycles. The fourth-order valence-electron chi connectivity index (χ4n) is 3.53. The van der Waals surface area contributed by atoms with Gasteiger partial charge >= 0.3 is 0 Å². The number of fused-ring (bicyclic) bond motifs is 1. The molecule has 0 amide bonds. The van der Waals surface area contributed by atoms with E-state index in [0.29, 0.717) is 6.61 Å². The van der Waals surface area contributed by atoms with Crippen LogP contribution in [0.5, 0.6) is 5.75 Å². The van der Waals surface area contributed by atoms with Crippen LogP contribution in [-0.2, 0) is 6.42 Å². The van der Waals surface area contributed by atoms with Crippen LogP contribution >= 0.6 is 11.3 Å². The van der Waals surface area contributed by atoms with E-state index in [-0.39, 0.29) is 5.82 Å². The summed E-state index contributed by atoms with van der Waals surface area (Å²) in [5.41, 5.74) is 5.21. The molecule has 0 bridgehead atoms. The SMILES string of the molecule is Fc1ccc(CCOc2cccc(-c3nc4sccn4c3-c3ccccc3)c2)cc1. The molecule has 0 aliphatic rings. The molecule has 0 aliphatic heterocycles. The molecule has 0 saturated carbocycles. The lowest BCUT2D eigenvalue weighted by Gasteiger charge is -2.09. The number of ether oxygens (including phenoxy) is 1. The summed E-state index contributed by atoms with van der Waals surface area (Å²) in [5, 5.41) is 2.05. The Bertz CT molecular complexity index is 1280. The van der Waals surface area contributed by atoms with Crippen LogP contribution in [0.4, 0.5) is 4.39 Å². The minimum Gasteiger partial charge on any atom is -0.493 e. The second-order valence-corrected chi connectivity index (χ2v) is 7.86. The van der Waals surface area contributed by atoms with Crippen LogP contribution in [-0.4, -0.2) is 16.0 Å². The molecule has 0 unspecified atom stereocenters. The third kappa shape index (κ3) is 3.72. The Labute approximate surface area is 178 Å². The average Bonchev–Trinajstić information content (AvgIpc) is 3.37. The van der Waals surface area contributed by atoms with Gasteiger partial charge in [-0.3, -0.25) is 4.40 Å². The molecule has 2 heterocycles. The predicted molar refractivity (Wildman–Crippen MR) is 120 cm³/mol. The second-order valence-electron chi connectivity index (χ2n) is 6.98. The van der Waals surface area contributed by atoms with E-state index in [1.165, 1.54) is 12.1 Å². The van der Waals surface area contributed by atoms with Crippen molar-refractivity contribution in [3.63, 3.8) is 0 Å². The first-order valence-corrected chi connectivity index (χ1v) is 10.6. The monoisotopic (exact) mass is 414 g/mol. The number of aromatic nitrogens is 2. The molecule has 0 N–H and O–H groups in total. The van der Waals surface area contributed by atoms with E-state index in [2.05, 4.69) is 28.8 Å². The molecule has 148 valence electrons. The topological polar surface area (TPSA) is 26.5 Å². The second kappa shape index (κ2) is 8.13. The van der Waals surface area contributed by atoms with Crippen LogP contribution in [0.2, 0.25) is 0 Å². The third-order valence-corrected chi connectivity index (χ3v) is 5.75. The molecule has 5 aromatic rings. The zero-order valence-corrected chi connectivity index (χ0v) is 17.0. The summed E-state index contributed by atoms with van der Waals surface area (Å²) in [4.78, 5) is 5.85. The van der Waals surface area contributed by atoms with Crippen LogP contribution in [0, 0.1) is 5.82 Å². The third-order valence-electron chi connectivity index (χ3n) is 4.99. The number of nitrogens with zero attached hydrogens (tertiary/aromatic N) is 2. The van der Waals surface area contributed by atoms with E-state index in [9.17, 15) is 4.39 Å². The highest BCUT2D eigenvalue weighted by Gasteiger charge is 2.17. The van der Waals surface area contributed by atoms with Crippen LogP contribution in [0.25, 0.3) is 27.5 Å². The highest BCUT2D eigenvalue weighted by Crippen LogP contribution is 2.35. The molecule has 0 spiro atoms. The highest BCUT2D eigenvalue weighted by molar-refractivity contribution is 7.15. The quantitative estimate of drug-likeness (QED) is 0.317. The van der Waals surface area contributed by atoms with E-state index >= 15 is 0 Å². The maximum Gasteiger partial charge on any atom is 0.194 e. The predicted octanol–water partition coefficient (Wildman–Crippen LogP) is 6.49. The first-order valence-electron chi connectivity index (χ1n) is 9.76. The largest absolute Gasteiger partial charge is 0.493 e. The summed E-state index contributed by atoms with van der Waals surface area (Å²) < 4.78 is 21.2. The van der Waals surface area contributed by atoms with Gasteiger partial charge in [0.25, 0.3) is 0 Å². The van der Waals surface area contributed by atoms with Gasteiger partial charge < -0.3 is 4.74 Å². The molecule has 3 nitrogen and oxygen atoms in total. The first kappa shape index (κ1) is 18.6. The minimum atomic E-state index is -0.221. The number of rotatable bonds is 6. The summed E-state index contributed by atoms with van der Waals surface area (Å²) in [5.74, 6) is 0.576. The lowest BCUT2D eigenvalue weighted by molar-refractivity contribution is 0.322. The van der Waals surface area contributed by atoms with Crippen molar-refractivity contribution >= 4 is 16.3 Å². The number of halogens is 1. The molecular formula is C25H19FN2OS. The van der Waals surface area contributed by atoms with Gasteiger partial charge in [0.1, 0.15) is 11.6 Å². The zero-order chi connectivity index (χ0) is 20.3. The van der Waals surface area contributed by atoms with E-state index in [1.54, 1.807) is 23.5 Å². The lowest BCUT2D eigenvalue weighted by Crippen LogP contribution is -2.01. The van der Waals surface area contributed by atoms with Gasteiger partial charge in [0.05, 0.1) is 18.0 Å². The molecular weight excluding hydrogens is 395 g/mol. The van der Waals surface area contributed by atoms with Crippen molar-refractivity contribution in [2.24, 2.45) is 0 Å². The van der Waals surface area contributed by atoms with Gasteiger partial charge in [0.2, 0.25) is 0 Å². The van der Waals surface area contributed by atoms with E-state index in [4.69, 9.17) is 9.72 Å². The maximum atomic E-state index is 13.1. The molecule has 0 fully saturated rings. The van der Waals surface area contributed by atoms with Crippen LogP contribution in [0.1, 0.15) is 5.56 Å². The Kier molecular flexibility index (Phi) is 5.03. The summed E-state index contributed by atoms with van der Waals surface area (Å²) in [6, 6.07) is 24.9. The van der Waals surface area contributed by atoms with Crippen LogP contribution in [0.15, 0.2) is 90.4 Å². The fraction of sp³-hybridized carbons (Fsp3) is 0.0800. The Morgan fingerprint density at radius 3 is 2.53 bits per heavy atom. The number of benzene rings is 3. The Morgan fingerprint density at radius 1 is 0.900 bits per heavy atom. The smallest absolute Gasteiger partial charge is 0.194 e.